The normalized spacial score (nSPS) is 10.9. The predicted molar refractivity (Wildman–Crippen MR) is 91.1 cm³/mol. The molecule has 0 atom stereocenters. The number of hydrogen-bond acceptors (Lipinski definition) is 7. The lowest BCUT2D eigenvalue weighted by Crippen LogP contribution is -2.12. The lowest BCUT2D eigenvalue weighted by Gasteiger charge is -2.13. The highest BCUT2D eigenvalue weighted by atomic mass is 35.5. The van der Waals surface area contributed by atoms with Crippen LogP contribution >= 0.6 is 11.6 Å². The molecule has 1 heterocycles. The van der Waals surface area contributed by atoms with Crippen molar-refractivity contribution >= 4 is 33.1 Å². The second kappa shape index (κ2) is 8.05. The number of hydrogen-bond donors (Lipinski definition) is 1. The summed E-state index contributed by atoms with van der Waals surface area (Å²) in [5.41, 5.74) is 0.310. The van der Waals surface area contributed by atoms with E-state index in [1.165, 1.54) is 12.3 Å². The zero-order valence-corrected chi connectivity index (χ0v) is 14.9. The maximum absolute atomic E-state index is 12.3. The Balaban J connectivity index is 2.36. The highest BCUT2D eigenvalue weighted by molar-refractivity contribution is 7.90. The summed E-state index contributed by atoms with van der Waals surface area (Å²) in [4.78, 5) is 12.1. The number of nitrogens with zero attached hydrogens (tertiary/aromatic N) is 1. The molecule has 132 valence electrons. The Hall–Kier alpha value is -2.50. The predicted octanol–water partition coefficient (Wildman–Crippen LogP) is 3.02. The van der Waals surface area contributed by atoms with Gasteiger partial charge in [-0.25, -0.2) is 13.2 Å². The van der Waals surface area contributed by atoms with Crippen LogP contribution in [0.4, 0.5) is 5.69 Å². The fourth-order valence-electron chi connectivity index (χ4n) is 2.02. The molecule has 25 heavy (non-hydrogen) atoms. The minimum absolute atomic E-state index is 0.00863. The Kier molecular flexibility index (Phi) is 6.07. The first-order valence-corrected chi connectivity index (χ1v) is 9.44. The molecule has 9 heteroatoms. The third-order valence-corrected chi connectivity index (χ3v) is 4.73. The van der Waals surface area contributed by atoms with Gasteiger partial charge in [-0.1, -0.05) is 11.6 Å². The molecule has 0 unspecified atom stereocenters. The molecule has 0 bridgehead atoms. The van der Waals surface area contributed by atoms with Gasteiger partial charge in [0.05, 0.1) is 46.5 Å². The number of furan rings is 1. The van der Waals surface area contributed by atoms with Gasteiger partial charge in [0.15, 0.2) is 9.84 Å². The van der Waals surface area contributed by atoms with Gasteiger partial charge >= 0.3 is 5.97 Å². The number of rotatable bonds is 7. The van der Waals surface area contributed by atoms with Crippen LogP contribution in [0.25, 0.3) is 0 Å². The van der Waals surface area contributed by atoms with Gasteiger partial charge < -0.3 is 14.5 Å². The third-order valence-electron chi connectivity index (χ3n) is 3.17. The van der Waals surface area contributed by atoms with E-state index >= 15 is 0 Å². The summed E-state index contributed by atoms with van der Waals surface area (Å²) in [6, 6.07) is 7.82. The number of ether oxygens (including phenoxy) is 1. The molecule has 0 radical (unpaired) electrons. The molecule has 0 saturated heterocycles. The first kappa shape index (κ1) is 18.8. The van der Waals surface area contributed by atoms with Gasteiger partial charge in [0, 0.05) is 6.26 Å². The molecule has 2 rings (SSSR count). The highest BCUT2D eigenvalue weighted by Crippen LogP contribution is 2.30. The minimum Gasteiger partial charge on any atom is -0.467 e. The smallest absolute Gasteiger partial charge is 0.340 e. The van der Waals surface area contributed by atoms with Crippen molar-refractivity contribution < 1.29 is 22.4 Å². The van der Waals surface area contributed by atoms with E-state index in [0.717, 1.165) is 12.3 Å². The molecule has 0 fully saturated rings. The fourth-order valence-corrected chi connectivity index (χ4v) is 3.34. The van der Waals surface area contributed by atoms with Gasteiger partial charge in [-0.3, -0.25) is 0 Å². The second-order valence-electron chi connectivity index (χ2n) is 5.08. The molecule has 0 aliphatic rings. The molecule has 0 amide bonds. The molecule has 1 aromatic carbocycles. The van der Waals surface area contributed by atoms with Crippen LogP contribution in [0.15, 0.2) is 39.8 Å². The summed E-state index contributed by atoms with van der Waals surface area (Å²) in [7, 11) is -3.63. The number of halogens is 1. The van der Waals surface area contributed by atoms with Gasteiger partial charge in [0.1, 0.15) is 12.4 Å². The van der Waals surface area contributed by atoms with Gasteiger partial charge in [0.25, 0.3) is 0 Å². The topological polar surface area (TPSA) is 109 Å². The molecule has 1 aromatic heterocycles. The average molecular weight is 383 g/mol. The van der Waals surface area contributed by atoms with Crippen molar-refractivity contribution in [2.45, 2.75) is 17.9 Å². The number of anilines is 1. The lowest BCUT2D eigenvalue weighted by molar-refractivity contribution is 0.0514. The van der Waals surface area contributed by atoms with Gasteiger partial charge in [-0.2, -0.15) is 5.26 Å². The Morgan fingerprint density at radius 2 is 2.20 bits per heavy atom. The van der Waals surface area contributed by atoms with Crippen LogP contribution in [0, 0.1) is 11.3 Å². The van der Waals surface area contributed by atoms with Gasteiger partial charge in [-0.05, 0) is 24.3 Å². The largest absolute Gasteiger partial charge is 0.467 e. The van der Waals surface area contributed by atoms with E-state index in [1.54, 1.807) is 12.1 Å². The maximum atomic E-state index is 12.3. The molecule has 2 aromatic rings. The van der Waals surface area contributed by atoms with E-state index in [9.17, 15) is 13.2 Å². The molecule has 1 N–H and O–H groups in total. The first-order valence-electron chi connectivity index (χ1n) is 7.17. The Bertz CT molecular complexity index is 901. The van der Waals surface area contributed by atoms with E-state index in [-0.39, 0.29) is 35.1 Å². The van der Waals surface area contributed by atoms with Crippen molar-refractivity contribution in [3.05, 3.63) is 46.9 Å². The Morgan fingerprint density at radius 1 is 1.44 bits per heavy atom. The van der Waals surface area contributed by atoms with Crippen molar-refractivity contribution in [2.75, 3.05) is 18.2 Å². The number of carbonyl (C=O) groups is 1. The number of nitriles is 1. The van der Waals surface area contributed by atoms with E-state index in [1.807, 2.05) is 6.07 Å². The Labute approximate surface area is 150 Å². The first-order chi connectivity index (χ1) is 11.8. The van der Waals surface area contributed by atoms with Crippen LogP contribution in [0.5, 0.6) is 0 Å². The van der Waals surface area contributed by atoms with E-state index in [2.05, 4.69) is 5.32 Å². The quantitative estimate of drug-likeness (QED) is 0.578. The molecule has 0 aliphatic heterocycles. The summed E-state index contributed by atoms with van der Waals surface area (Å²) < 4.78 is 33.9. The summed E-state index contributed by atoms with van der Waals surface area (Å²) in [5.74, 6) is -0.133. The van der Waals surface area contributed by atoms with Crippen LogP contribution in [0.1, 0.15) is 22.5 Å². The van der Waals surface area contributed by atoms with Crippen LogP contribution in [0.2, 0.25) is 5.02 Å². The highest BCUT2D eigenvalue weighted by Gasteiger charge is 2.21. The summed E-state index contributed by atoms with van der Waals surface area (Å²) in [5, 5.41) is 11.5. The van der Waals surface area contributed by atoms with Crippen molar-refractivity contribution in [1.29, 1.82) is 5.26 Å². The number of carbonyl (C=O) groups excluding carboxylic acids is 1. The maximum Gasteiger partial charge on any atom is 0.340 e. The second-order valence-corrected chi connectivity index (χ2v) is 7.47. The summed E-state index contributed by atoms with van der Waals surface area (Å²) in [6.07, 6.45) is 2.54. The lowest BCUT2D eigenvalue weighted by atomic mass is 10.1. The number of nitrogens with one attached hydrogen (secondary N) is 1. The Morgan fingerprint density at radius 3 is 2.80 bits per heavy atom. The molecule has 7 nitrogen and oxygen atoms in total. The third kappa shape index (κ3) is 4.98. The number of esters is 1. The van der Waals surface area contributed by atoms with Gasteiger partial charge in [0.2, 0.25) is 0 Å². The number of benzene rings is 1. The summed E-state index contributed by atoms with van der Waals surface area (Å²) >= 11 is 6.04. The monoisotopic (exact) mass is 382 g/mol. The minimum atomic E-state index is -3.63. The van der Waals surface area contributed by atoms with Crippen molar-refractivity contribution in [1.82, 2.24) is 0 Å². The SMILES string of the molecule is CS(=O)(=O)c1cc(C(=O)OCCC#N)c(NCc2ccco2)cc1Cl. The van der Waals surface area contributed by atoms with Crippen LogP contribution < -0.4 is 5.32 Å². The molecular formula is C16H15ClN2O5S. The average Bonchev–Trinajstić information content (AvgIpc) is 3.05. The van der Waals surface area contributed by atoms with Crippen LogP contribution in [-0.2, 0) is 21.1 Å². The van der Waals surface area contributed by atoms with E-state index in [0.29, 0.717) is 11.4 Å². The number of sulfone groups is 1. The molecule has 0 aliphatic carbocycles. The molecule has 0 spiro atoms. The zero-order chi connectivity index (χ0) is 18.4. The van der Waals surface area contributed by atoms with Gasteiger partial charge in [-0.15, -0.1) is 0 Å². The van der Waals surface area contributed by atoms with E-state index in [4.69, 9.17) is 26.0 Å². The van der Waals surface area contributed by atoms with Crippen molar-refractivity contribution in [2.24, 2.45) is 0 Å². The molecular weight excluding hydrogens is 368 g/mol. The van der Waals surface area contributed by atoms with Crippen molar-refractivity contribution in [3.63, 3.8) is 0 Å². The van der Waals surface area contributed by atoms with Crippen molar-refractivity contribution in [3.8, 4) is 6.07 Å². The standard InChI is InChI=1S/C16H15ClN2O5S/c1-25(21,22)15-8-12(16(20)24-7-3-5-18)14(9-13(15)17)19-10-11-4-2-6-23-11/h2,4,6,8-9,19H,3,7,10H2,1H3. The molecule has 0 saturated carbocycles. The van der Waals surface area contributed by atoms with Crippen LogP contribution in [0.3, 0.4) is 0 Å². The summed E-state index contributed by atoms with van der Waals surface area (Å²) in [6.45, 7) is 0.170. The van der Waals surface area contributed by atoms with Crippen LogP contribution in [-0.4, -0.2) is 27.2 Å². The fraction of sp³-hybridized carbons (Fsp3) is 0.250. The zero-order valence-electron chi connectivity index (χ0n) is 13.3. The van der Waals surface area contributed by atoms with E-state index < -0.39 is 15.8 Å².